The summed E-state index contributed by atoms with van der Waals surface area (Å²) in [5.74, 6) is -0.692. The Labute approximate surface area is 161 Å². The van der Waals surface area contributed by atoms with E-state index >= 15 is 0 Å². The van der Waals surface area contributed by atoms with E-state index in [0.29, 0.717) is 23.5 Å². The maximum absolute atomic E-state index is 12.6. The first kappa shape index (κ1) is 17.7. The van der Waals surface area contributed by atoms with E-state index < -0.39 is 0 Å². The standard InChI is InChI=1S/C21H18N4O3/c26-19-10-11-20(27)25(19)17-8-6-15(7-9-17)21(28)23-18-5-2-1-4-16(18)14-24-13-3-12-22-24/h1-9,12-13H,10-11,14H2,(H,23,28). The topological polar surface area (TPSA) is 84.3 Å². The lowest BCUT2D eigenvalue weighted by Crippen LogP contribution is -2.28. The first-order valence-electron chi connectivity index (χ1n) is 8.94. The maximum Gasteiger partial charge on any atom is 0.255 e. The lowest BCUT2D eigenvalue weighted by molar-refractivity contribution is -0.121. The van der Waals surface area contributed by atoms with Crippen LogP contribution in [0.5, 0.6) is 0 Å². The van der Waals surface area contributed by atoms with Crippen molar-refractivity contribution in [3.63, 3.8) is 0 Å². The molecule has 0 atom stereocenters. The van der Waals surface area contributed by atoms with Gasteiger partial charge in [-0.05, 0) is 42.0 Å². The van der Waals surface area contributed by atoms with Gasteiger partial charge in [0, 0.05) is 36.5 Å². The van der Waals surface area contributed by atoms with Crippen LogP contribution >= 0.6 is 0 Å². The van der Waals surface area contributed by atoms with E-state index in [1.807, 2.05) is 36.5 Å². The van der Waals surface area contributed by atoms with E-state index in [2.05, 4.69) is 10.4 Å². The number of benzene rings is 2. The fraction of sp³-hybridized carbons (Fsp3) is 0.143. The van der Waals surface area contributed by atoms with Crippen molar-refractivity contribution in [2.45, 2.75) is 19.4 Å². The summed E-state index contributed by atoms with van der Waals surface area (Å²) in [4.78, 5) is 37.5. The molecule has 7 heteroatoms. The second kappa shape index (κ2) is 7.48. The second-order valence-corrected chi connectivity index (χ2v) is 6.48. The molecule has 4 rings (SSSR count). The van der Waals surface area contributed by atoms with Crippen molar-refractivity contribution in [3.8, 4) is 0 Å². The molecule has 2 aromatic carbocycles. The molecule has 0 spiro atoms. The summed E-state index contributed by atoms with van der Waals surface area (Å²) in [5.41, 5.74) is 2.57. The van der Waals surface area contributed by atoms with Gasteiger partial charge in [-0.15, -0.1) is 0 Å². The highest BCUT2D eigenvalue weighted by molar-refractivity contribution is 6.20. The van der Waals surface area contributed by atoms with Gasteiger partial charge in [-0.2, -0.15) is 5.10 Å². The van der Waals surface area contributed by atoms with Crippen molar-refractivity contribution < 1.29 is 14.4 Å². The number of nitrogens with zero attached hydrogens (tertiary/aromatic N) is 3. The number of carbonyl (C=O) groups is 3. The molecule has 1 saturated heterocycles. The molecule has 1 N–H and O–H groups in total. The van der Waals surface area contributed by atoms with Gasteiger partial charge in [-0.1, -0.05) is 18.2 Å². The third-order valence-corrected chi connectivity index (χ3v) is 4.60. The van der Waals surface area contributed by atoms with Gasteiger partial charge in [0.1, 0.15) is 0 Å². The number of carbonyl (C=O) groups excluding carboxylic acids is 3. The Hall–Kier alpha value is -3.74. The summed E-state index contributed by atoms with van der Waals surface area (Å²) < 4.78 is 1.78. The number of hydrogen-bond acceptors (Lipinski definition) is 4. The first-order chi connectivity index (χ1) is 13.6. The van der Waals surface area contributed by atoms with E-state index in [-0.39, 0.29) is 30.6 Å². The van der Waals surface area contributed by atoms with Gasteiger partial charge >= 0.3 is 0 Å². The van der Waals surface area contributed by atoms with E-state index in [1.54, 1.807) is 35.1 Å². The van der Waals surface area contributed by atoms with Crippen molar-refractivity contribution >= 4 is 29.1 Å². The third kappa shape index (κ3) is 3.55. The molecule has 3 amide bonds. The Balaban J connectivity index is 1.50. The van der Waals surface area contributed by atoms with Crippen LogP contribution in [0, 0.1) is 0 Å². The summed E-state index contributed by atoms with van der Waals surface area (Å²) in [6.45, 7) is 0.543. The summed E-state index contributed by atoms with van der Waals surface area (Å²) in [5, 5.41) is 7.11. The SMILES string of the molecule is O=C(Nc1ccccc1Cn1cccn1)c1ccc(N2C(=O)CCC2=O)cc1. The van der Waals surface area contributed by atoms with Gasteiger partial charge in [0.05, 0.1) is 12.2 Å². The molecule has 1 aliphatic rings. The summed E-state index contributed by atoms with van der Waals surface area (Å²) >= 11 is 0. The Bertz CT molecular complexity index is 1010. The molecular weight excluding hydrogens is 356 g/mol. The average Bonchev–Trinajstić information content (AvgIpc) is 3.33. The molecule has 2 heterocycles. The quantitative estimate of drug-likeness (QED) is 0.696. The monoisotopic (exact) mass is 374 g/mol. The zero-order valence-electron chi connectivity index (χ0n) is 15.0. The van der Waals surface area contributed by atoms with Gasteiger partial charge < -0.3 is 5.32 Å². The summed E-state index contributed by atoms with van der Waals surface area (Å²) in [6.07, 6.45) is 4.03. The minimum absolute atomic E-state index is 0.213. The van der Waals surface area contributed by atoms with Gasteiger partial charge in [0.2, 0.25) is 11.8 Å². The maximum atomic E-state index is 12.6. The van der Waals surface area contributed by atoms with Crippen LogP contribution in [-0.2, 0) is 16.1 Å². The molecule has 0 saturated carbocycles. The fourth-order valence-corrected chi connectivity index (χ4v) is 3.17. The highest BCUT2D eigenvalue weighted by Gasteiger charge is 2.30. The van der Waals surface area contributed by atoms with Crippen LogP contribution in [0.4, 0.5) is 11.4 Å². The number of nitrogens with one attached hydrogen (secondary N) is 1. The van der Waals surface area contributed by atoms with Crippen LogP contribution in [-0.4, -0.2) is 27.5 Å². The number of rotatable bonds is 5. The third-order valence-electron chi connectivity index (χ3n) is 4.60. The molecule has 1 aliphatic heterocycles. The Morgan fingerprint density at radius 1 is 0.964 bits per heavy atom. The predicted molar refractivity (Wildman–Crippen MR) is 104 cm³/mol. The molecule has 0 radical (unpaired) electrons. The zero-order valence-corrected chi connectivity index (χ0v) is 15.0. The number of hydrogen-bond donors (Lipinski definition) is 1. The Kier molecular flexibility index (Phi) is 4.72. The molecule has 28 heavy (non-hydrogen) atoms. The van der Waals surface area contributed by atoms with Crippen molar-refractivity contribution in [2.24, 2.45) is 0 Å². The number of aromatic nitrogens is 2. The summed E-state index contributed by atoms with van der Waals surface area (Å²) in [7, 11) is 0. The fourth-order valence-electron chi connectivity index (χ4n) is 3.17. The van der Waals surface area contributed by atoms with Crippen LogP contribution in [0.3, 0.4) is 0 Å². The lowest BCUT2D eigenvalue weighted by Gasteiger charge is -2.15. The highest BCUT2D eigenvalue weighted by Crippen LogP contribution is 2.23. The molecule has 7 nitrogen and oxygen atoms in total. The average molecular weight is 374 g/mol. The number of para-hydroxylation sites is 1. The molecule has 0 bridgehead atoms. The van der Waals surface area contributed by atoms with Crippen molar-refractivity contribution in [1.29, 1.82) is 0 Å². The van der Waals surface area contributed by atoms with Crippen molar-refractivity contribution in [1.82, 2.24) is 9.78 Å². The van der Waals surface area contributed by atoms with Crippen LogP contribution in [0.25, 0.3) is 0 Å². The van der Waals surface area contributed by atoms with Gasteiger partial charge in [0.15, 0.2) is 0 Å². The summed E-state index contributed by atoms with van der Waals surface area (Å²) in [6, 6.07) is 15.8. The van der Waals surface area contributed by atoms with Crippen molar-refractivity contribution in [2.75, 3.05) is 10.2 Å². The van der Waals surface area contributed by atoms with Crippen LogP contribution in [0.2, 0.25) is 0 Å². The molecule has 0 unspecified atom stereocenters. The van der Waals surface area contributed by atoms with E-state index in [4.69, 9.17) is 0 Å². The Morgan fingerprint density at radius 3 is 2.36 bits per heavy atom. The highest BCUT2D eigenvalue weighted by atomic mass is 16.2. The van der Waals surface area contributed by atoms with Crippen LogP contribution in [0.15, 0.2) is 67.0 Å². The van der Waals surface area contributed by atoms with E-state index in [0.717, 1.165) is 5.56 Å². The second-order valence-electron chi connectivity index (χ2n) is 6.48. The minimum atomic E-state index is -0.265. The van der Waals surface area contributed by atoms with Gasteiger partial charge in [-0.25, -0.2) is 0 Å². The number of imide groups is 1. The molecule has 0 aliphatic carbocycles. The van der Waals surface area contributed by atoms with Crippen LogP contribution in [0.1, 0.15) is 28.8 Å². The largest absolute Gasteiger partial charge is 0.322 e. The van der Waals surface area contributed by atoms with Crippen LogP contribution < -0.4 is 10.2 Å². The Morgan fingerprint density at radius 2 is 1.68 bits per heavy atom. The van der Waals surface area contributed by atoms with E-state index in [1.165, 1.54) is 4.90 Å². The van der Waals surface area contributed by atoms with Gasteiger partial charge in [-0.3, -0.25) is 24.0 Å². The minimum Gasteiger partial charge on any atom is -0.322 e. The number of anilines is 2. The van der Waals surface area contributed by atoms with Crippen molar-refractivity contribution in [3.05, 3.63) is 78.1 Å². The molecule has 1 fully saturated rings. The number of amides is 3. The molecule has 3 aromatic rings. The lowest BCUT2D eigenvalue weighted by atomic mass is 10.1. The normalized spacial score (nSPS) is 13.8. The molecule has 140 valence electrons. The molecular formula is C21H18N4O3. The van der Waals surface area contributed by atoms with E-state index in [9.17, 15) is 14.4 Å². The predicted octanol–water partition coefficient (Wildman–Crippen LogP) is 2.84. The zero-order chi connectivity index (χ0) is 19.5. The van der Waals surface area contributed by atoms with Gasteiger partial charge in [0.25, 0.3) is 5.91 Å². The smallest absolute Gasteiger partial charge is 0.255 e. The first-order valence-corrected chi connectivity index (χ1v) is 8.94. The molecule has 1 aromatic heterocycles.